The van der Waals surface area contributed by atoms with Crippen molar-refractivity contribution in [2.24, 2.45) is 0 Å². The summed E-state index contributed by atoms with van der Waals surface area (Å²) in [5.41, 5.74) is 3.30. The standard InChI is InChI=1S/C17H22N4O/c1-3-22-12-11-21(2)17-13-7-6-9-14(13)19-16(20-17)15-8-4-5-10-18-15/h4-5,8,10H,3,6-7,9,11-12H2,1-2H3. The third-order valence-electron chi connectivity index (χ3n) is 3.94. The Labute approximate surface area is 131 Å². The predicted octanol–water partition coefficient (Wildman–Crippen LogP) is 2.50. The van der Waals surface area contributed by atoms with E-state index in [-0.39, 0.29) is 0 Å². The van der Waals surface area contributed by atoms with E-state index in [1.807, 2.05) is 25.1 Å². The summed E-state index contributed by atoms with van der Waals surface area (Å²) in [5.74, 6) is 1.75. The molecule has 0 aliphatic heterocycles. The highest BCUT2D eigenvalue weighted by Crippen LogP contribution is 2.30. The number of hydrogen-bond acceptors (Lipinski definition) is 5. The first-order chi connectivity index (χ1) is 10.8. The maximum absolute atomic E-state index is 5.46. The number of aromatic nitrogens is 3. The van der Waals surface area contributed by atoms with Gasteiger partial charge in [0.2, 0.25) is 0 Å². The summed E-state index contributed by atoms with van der Waals surface area (Å²) in [5, 5.41) is 0. The monoisotopic (exact) mass is 298 g/mol. The van der Waals surface area contributed by atoms with E-state index in [0.29, 0.717) is 6.61 Å². The highest BCUT2D eigenvalue weighted by molar-refractivity contribution is 5.58. The van der Waals surface area contributed by atoms with Gasteiger partial charge in [0, 0.05) is 37.7 Å². The van der Waals surface area contributed by atoms with Crippen LogP contribution in [-0.2, 0) is 17.6 Å². The zero-order valence-electron chi connectivity index (χ0n) is 13.2. The third kappa shape index (κ3) is 3.09. The fourth-order valence-corrected chi connectivity index (χ4v) is 2.79. The second kappa shape index (κ2) is 6.83. The summed E-state index contributed by atoms with van der Waals surface area (Å²) < 4.78 is 5.46. The number of pyridine rings is 1. The number of fused-ring (bicyclic) bond motifs is 1. The second-order valence-electron chi connectivity index (χ2n) is 5.48. The number of ether oxygens (including phenoxy) is 1. The van der Waals surface area contributed by atoms with Crippen molar-refractivity contribution in [2.75, 3.05) is 31.7 Å². The fourth-order valence-electron chi connectivity index (χ4n) is 2.79. The van der Waals surface area contributed by atoms with E-state index in [1.165, 1.54) is 11.3 Å². The van der Waals surface area contributed by atoms with Gasteiger partial charge in [0.15, 0.2) is 5.82 Å². The van der Waals surface area contributed by atoms with Crippen LogP contribution in [0.1, 0.15) is 24.6 Å². The molecule has 0 fully saturated rings. The van der Waals surface area contributed by atoms with Crippen molar-refractivity contribution in [3.8, 4) is 11.5 Å². The van der Waals surface area contributed by atoms with Gasteiger partial charge in [0.25, 0.3) is 0 Å². The Morgan fingerprint density at radius 3 is 2.91 bits per heavy atom. The molecule has 22 heavy (non-hydrogen) atoms. The molecule has 1 aliphatic carbocycles. The van der Waals surface area contributed by atoms with Crippen LogP contribution in [-0.4, -0.2) is 41.8 Å². The first kappa shape index (κ1) is 14.9. The Morgan fingerprint density at radius 2 is 2.14 bits per heavy atom. The molecule has 116 valence electrons. The topological polar surface area (TPSA) is 51.1 Å². The molecule has 1 aliphatic rings. The molecule has 0 bridgehead atoms. The van der Waals surface area contributed by atoms with Crippen LogP contribution in [0.15, 0.2) is 24.4 Å². The molecule has 0 saturated heterocycles. The fraction of sp³-hybridized carbons (Fsp3) is 0.471. The van der Waals surface area contributed by atoms with E-state index in [9.17, 15) is 0 Å². The van der Waals surface area contributed by atoms with Gasteiger partial charge in [0.1, 0.15) is 11.5 Å². The highest BCUT2D eigenvalue weighted by Gasteiger charge is 2.22. The number of nitrogens with zero attached hydrogens (tertiary/aromatic N) is 4. The van der Waals surface area contributed by atoms with Gasteiger partial charge in [-0.2, -0.15) is 0 Å². The SMILES string of the molecule is CCOCCN(C)c1nc(-c2ccccn2)nc2c1CCC2. The molecule has 2 aromatic heterocycles. The summed E-state index contributed by atoms with van der Waals surface area (Å²) in [4.78, 5) is 16.1. The van der Waals surface area contributed by atoms with Crippen molar-refractivity contribution in [3.05, 3.63) is 35.7 Å². The smallest absolute Gasteiger partial charge is 0.180 e. The molecule has 0 spiro atoms. The predicted molar refractivity (Wildman–Crippen MR) is 87.1 cm³/mol. The van der Waals surface area contributed by atoms with E-state index in [2.05, 4.69) is 16.9 Å². The summed E-state index contributed by atoms with van der Waals surface area (Å²) in [7, 11) is 2.07. The van der Waals surface area contributed by atoms with Gasteiger partial charge in [-0.15, -0.1) is 0 Å². The molecule has 5 heteroatoms. The van der Waals surface area contributed by atoms with Crippen molar-refractivity contribution in [1.82, 2.24) is 15.0 Å². The van der Waals surface area contributed by atoms with Gasteiger partial charge in [-0.1, -0.05) is 6.07 Å². The van der Waals surface area contributed by atoms with E-state index in [4.69, 9.17) is 14.7 Å². The van der Waals surface area contributed by atoms with Gasteiger partial charge >= 0.3 is 0 Å². The number of rotatable bonds is 6. The Hall–Kier alpha value is -2.01. The summed E-state index contributed by atoms with van der Waals surface area (Å²) >= 11 is 0. The largest absolute Gasteiger partial charge is 0.380 e. The minimum atomic E-state index is 0.713. The van der Waals surface area contributed by atoms with Crippen molar-refractivity contribution >= 4 is 5.82 Å². The maximum Gasteiger partial charge on any atom is 0.180 e. The molecule has 5 nitrogen and oxygen atoms in total. The lowest BCUT2D eigenvalue weighted by Gasteiger charge is -2.21. The normalized spacial score (nSPS) is 13.2. The van der Waals surface area contributed by atoms with Crippen LogP contribution < -0.4 is 4.90 Å². The van der Waals surface area contributed by atoms with Crippen LogP contribution in [0.2, 0.25) is 0 Å². The zero-order valence-corrected chi connectivity index (χ0v) is 13.2. The van der Waals surface area contributed by atoms with Gasteiger partial charge < -0.3 is 9.64 Å². The van der Waals surface area contributed by atoms with Crippen LogP contribution in [0.4, 0.5) is 5.82 Å². The molecule has 0 N–H and O–H groups in total. The van der Waals surface area contributed by atoms with Gasteiger partial charge in [-0.25, -0.2) is 9.97 Å². The molecule has 0 saturated carbocycles. The Bertz CT molecular complexity index is 630. The van der Waals surface area contributed by atoms with Gasteiger partial charge in [-0.3, -0.25) is 4.98 Å². The minimum absolute atomic E-state index is 0.713. The van der Waals surface area contributed by atoms with Crippen LogP contribution >= 0.6 is 0 Å². The molecule has 2 aromatic rings. The molecule has 0 atom stereocenters. The van der Waals surface area contributed by atoms with Crippen molar-refractivity contribution in [2.45, 2.75) is 26.2 Å². The molecular weight excluding hydrogens is 276 g/mol. The molecule has 0 aromatic carbocycles. The lowest BCUT2D eigenvalue weighted by Crippen LogP contribution is -2.25. The molecule has 0 amide bonds. The van der Waals surface area contributed by atoms with E-state index < -0.39 is 0 Å². The average molecular weight is 298 g/mol. The third-order valence-corrected chi connectivity index (χ3v) is 3.94. The first-order valence-electron chi connectivity index (χ1n) is 7.89. The number of anilines is 1. The molecule has 0 unspecified atom stereocenters. The van der Waals surface area contributed by atoms with Gasteiger partial charge in [0.05, 0.1) is 6.61 Å². The first-order valence-corrected chi connectivity index (χ1v) is 7.89. The van der Waals surface area contributed by atoms with Crippen LogP contribution in [0.25, 0.3) is 11.5 Å². The second-order valence-corrected chi connectivity index (χ2v) is 5.48. The minimum Gasteiger partial charge on any atom is -0.380 e. The van der Waals surface area contributed by atoms with Crippen LogP contribution in [0, 0.1) is 0 Å². The average Bonchev–Trinajstić information content (AvgIpc) is 3.03. The Kier molecular flexibility index (Phi) is 4.63. The number of likely N-dealkylation sites (N-methyl/N-ethyl adjacent to an activating group) is 1. The Morgan fingerprint density at radius 1 is 1.23 bits per heavy atom. The maximum atomic E-state index is 5.46. The van der Waals surface area contributed by atoms with E-state index in [0.717, 1.165) is 49.8 Å². The Balaban J connectivity index is 1.93. The summed E-state index contributed by atoms with van der Waals surface area (Å²) in [6.07, 6.45) is 5.03. The van der Waals surface area contributed by atoms with E-state index in [1.54, 1.807) is 6.20 Å². The molecule has 3 rings (SSSR count). The number of hydrogen-bond donors (Lipinski definition) is 0. The van der Waals surface area contributed by atoms with Crippen LogP contribution in [0.5, 0.6) is 0 Å². The highest BCUT2D eigenvalue weighted by atomic mass is 16.5. The van der Waals surface area contributed by atoms with Crippen molar-refractivity contribution in [3.63, 3.8) is 0 Å². The van der Waals surface area contributed by atoms with Crippen molar-refractivity contribution in [1.29, 1.82) is 0 Å². The molecule has 0 radical (unpaired) electrons. The summed E-state index contributed by atoms with van der Waals surface area (Å²) in [6, 6.07) is 5.84. The van der Waals surface area contributed by atoms with Crippen LogP contribution in [0.3, 0.4) is 0 Å². The summed E-state index contributed by atoms with van der Waals surface area (Å²) in [6.45, 7) is 4.31. The molecular formula is C17H22N4O. The number of aryl methyl sites for hydroxylation is 1. The lowest BCUT2D eigenvalue weighted by atomic mass is 10.2. The van der Waals surface area contributed by atoms with Gasteiger partial charge in [-0.05, 0) is 38.3 Å². The van der Waals surface area contributed by atoms with Crippen molar-refractivity contribution < 1.29 is 4.74 Å². The van der Waals surface area contributed by atoms with E-state index >= 15 is 0 Å². The lowest BCUT2D eigenvalue weighted by molar-refractivity contribution is 0.154. The zero-order chi connectivity index (χ0) is 15.4. The quantitative estimate of drug-likeness (QED) is 0.767. The molecule has 2 heterocycles.